The van der Waals surface area contributed by atoms with Crippen LogP contribution in [0, 0.1) is 0 Å². The van der Waals surface area contributed by atoms with Gasteiger partial charge in [-0.3, -0.25) is 14.2 Å². The van der Waals surface area contributed by atoms with Crippen molar-refractivity contribution in [2.24, 2.45) is 0 Å². The average molecular weight is 486 g/mol. The number of para-hydroxylation sites is 3. The Morgan fingerprint density at radius 2 is 1.69 bits per heavy atom. The number of ether oxygens (including phenoxy) is 2. The molecule has 1 heterocycles. The summed E-state index contributed by atoms with van der Waals surface area (Å²) in [4.78, 5) is 34.1. The summed E-state index contributed by atoms with van der Waals surface area (Å²) < 4.78 is 12.5. The number of carbonyl (C=O) groups is 1. The standard InChI is InChI=1S/C29H31N3O4/c1-5-21-14-16-22(17-15-21)28(33)31(18-19-35-3)20(2)27-30-24-11-7-6-10-23(24)29(34)32(27)25-12-8-9-13-26(25)36-4/h6-17,20H,5,18-19H2,1-4H3. The first-order chi connectivity index (χ1) is 17.5. The Kier molecular flexibility index (Phi) is 7.80. The molecule has 36 heavy (non-hydrogen) atoms. The summed E-state index contributed by atoms with van der Waals surface area (Å²) in [5.74, 6) is 0.823. The van der Waals surface area contributed by atoms with Crippen molar-refractivity contribution in [3.05, 3.63) is 100 Å². The van der Waals surface area contributed by atoms with E-state index in [9.17, 15) is 9.59 Å². The molecule has 0 aliphatic carbocycles. The smallest absolute Gasteiger partial charge is 0.266 e. The second kappa shape index (κ2) is 11.2. The van der Waals surface area contributed by atoms with Gasteiger partial charge in [0.05, 0.1) is 36.3 Å². The van der Waals surface area contributed by atoms with E-state index in [0.717, 1.165) is 12.0 Å². The minimum atomic E-state index is -0.541. The molecule has 4 rings (SSSR count). The molecule has 7 nitrogen and oxygen atoms in total. The average Bonchev–Trinajstić information content (AvgIpc) is 2.93. The Hall–Kier alpha value is -3.97. The van der Waals surface area contributed by atoms with E-state index in [2.05, 4.69) is 6.92 Å². The van der Waals surface area contributed by atoms with Gasteiger partial charge in [0, 0.05) is 19.2 Å². The largest absolute Gasteiger partial charge is 0.495 e. The van der Waals surface area contributed by atoms with Crippen molar-refractivity contribution >= 4 is 16.8 Å². The molecular formula is C29H31N3O4. The maximum Gasteiger partial charge on any atom is 0.266 e. The lowest BCUT2D eigenvalue weighted by atomic mass is 10.1. The zero-order chi connectivity index (χ0) is 25.7. The van der Waals surface area contributed by atoms with Crippen LogP contribution in [0.2, 0.25) is 0 Å². The predicted octanol–water partition coefficient (Wildman–Crippen LogP) is 4.81. The van der Waals surface area contributed by atoms with Gasteiger partial charge in [-0.25, -0.2) is 4.98 Å². The molecule has 1 atom stereocenters. The first kappa shape index (κ1) is 25.1. The van der Waals surface area contributed by atoms with Crippen LogP contribution in [0.5, 0.6) is 5.75 Å². The van der Waals surface area contributed by atoms with Crippen LogP contribution in [0.25, 0.3) is 16.6 Å². The van der Waals surface area contributed by atoms with Gasteiger partial charge in [-0.05, 0) is 55.3 Å². The summed E-state index contributed by atoms with van der Waals surface area (Å²) in [6.45, 7) is 4.64. The highest BCUT2D eigenvalue weighted by Gasteiger charge is 2.28. The van der Waals surface area contributed by atoms with E-state index in [4.69, 9.17) is 14.5 Å². The van der Waals surface area contributed by atoms with Crippen molar-refractivity contribution in [2.75, 3.05) is 27.4 Å². The maximum atomic E-state index is 13.8. The third-order valence-corrected chi connectivity index (χ3v) is 6.38. The van der Waals surface area contributed by atoms with Crippen LogP contribution in [0.1, 0.15) is 41.6 Å². The molecular weight excluding hydrogens is 454 g/mol. The summed E-state index contributed by atoms with van der Waals surface area (Å²) in [5.41, 5.74) is 2.64. The molecule has 0 saturated heterocycles. The Bertz CT molecular complexity index is 1410. The van der Waals surface area contributed by atoms with Crippen molar-refractivity contribution < 1.29 is 14.3 Å². The van der Waals surface area contributed by atoms with Crippen LogP contribution in [-0.2, 0) is 11.2 Å². The Morgan fingerprint density at radius 3 is 2.39 bits per heavy atom. The third-order valence-electron chi connectivity index (χ3n) is 6.38. The third kappa shape index (κ3) is 4.88. The second-order valence-electron chi connectivity index (χ2n) is 8.52. The van der Waals surface area contributed by atoms with Crippen molar-refractivity contribution in [1.29, 1.82) is 0 Å². The number of benzene rings is 3. The molecule has 0 spiro atoms. The summed E-state index contributed by atoms with van der Waals surface area (Å²) in [7, 11) is 3.16. The molecule has 4 aromatic rings. The quantitative estimate of drug-likeness (QED) is 0.340. The van der Waals surface area contributed by atoms with Crippen LogP contribution < -0.4 is 10.3 Å². The van der Waals surface area contributed by atoms with Gasteiger partial charge in [-0.15, -0.1) is 0 Å². The summed E-state index contributed by atoms with van der Waals surface area (Å²) in [5, 5.41) is 0.490. The van der Waals surface area contributed by atoms with E-state index in [1.807, 2.05) is 67.6 Å². The van der Waals surface area contributed by atoms with Crippen molar-refractivity contribution in [1.82, 2.24) is 14.5 Å². The highest BCUT2D eigenvalue weighted by molar-refractivity contribution is 5.94. The number of aryl methyl sites for hydroxylation is 1. The highest BCUT2D eigenvalue weighted by atomic mass is 16.5. The fraction of sp³-hybridized carbons (Fsp3) is 0.276. The summed E-state index contributed by atoms with van der Waals surface area (Å²) >= 11 is 0. The molecule has 3 aromatic carbocycles. The topological polar surface area (TPSA) is 73.7 Å². The van der Waals surface area contributed by atoms with E-state index in [1.165, 1.54) is 0 Å². The first-order valence-electron chi connectivity index (χ1n) is 12.0. The number of amides is 1. The van der Waals surface area contributed by atoms with Crippen molar-refractivity contribution in [3.8, 4) is 11.4 Å². The molecule has 1 aromatic heterocycles. The molecule has 1 amide bonds. The van der Waals surface area contributed by atoms with E-state index in [1.54, 1.807) is 35.8 Å². The lowest BCUT2D eigenvalue weighted by Gasteiger charge is -2.30. The van der Waals surface area contributed by atoms with E-state index in [0.29, 0.717) is 46.9 Å². The lowest BCUT2D eigenvalue weighted by Crippen LogP contribution is -2.39. The number of rotatable bonds is 9. The van der Waals surface area contributed by atoms with Gasteiger partial charge in [-0.1, -0.05) is 43.3 Å². The predicted molar refractivity (Wildman–Crippen MR) is 141 cm³/mol. The Morgan fingerprint density at radius 1 is 1.00 bits per heavy atom. The molecule has 0 aliphatic heterocycles. The molecule has 0 saturated carbocycles. The summed E-state index contributed by atoms with van der Waals surface area (Å²) in [6, 6.07) is 21.6. The van der Waals surface area contributed by atoms with E-state index in [-0.39, 0.29) is 11.5 Å². The molecule has 7 heteroatoms. The number of aromatic nitrogens is 2. The molecule has 0 bridgehead atoms. The van der Waals surface area contributed by atoms with Gasteiger partial charge < -0.3 is 14.4 Å². The van der Waals surface area contributed by atoms with Gasteiger partial charge in [0.15, 0.2) is 0 Å². The van der Waals surface area contributed by atoms with Crippen LogP contribution >= 0.6 is 0 Å². The van der Waals surface area contributed by atoms with Gasteiger partial charge in [0.1, 0.15) is 11.6 Å². The number of nitrogens with zero attached hydrogens (tertiary/aromatic N) is 3. The van der Waals surface area contributed by atoms with Crippen LogP contribution in [0.4, 0.5) is 0 Å². The van der Waals surface area contributed by atoms with E-state index < -0.39 is 6.04 Å². The minimum Gasteiger partial charge on any atom is -0.495 e. The van der Waals surface area contributed by atoms with Gasteiger partial charge in [0.2, 0.25) is 0 Å². The number of methoxy groups -OCH3 is 2. The SMILES string of the molecule is CCc1ccc(C(=O)N(CCOC)C(C)c2nc3ccccc3c(=O)n2-c2ccccc2OC)cc1. The molecule has 0 aliphatic rings. The normalized spacial score (nSPS) is 11.9. The van der Waals surface area contributed by atoms with Gasteiger partial charge >= 0.3 is 0 Å². The highest BCUT2D eigenvalue weighted by Crippen LogP contribution is 2.28. The summed E-state index contributed by atoms with van der Waals surface area (Å²) in [6.07, 6.45) is 0.893. The number of fused-ring (bicyclic) bond motifs is 1. The molecule has 0 N–H and O–H groups in total. The fourth-order valence-electron chi connectivity index (χ4n) is 4.33. The Labute approximate surface area is 210 Å². The monoisotopic (exact) mass is 485 g/mol. The molecule has 0 fully saturated rings. The fourth-order valence-corrected chi connectivity index (χ4v) is 4.33. The molecule has 0 radical (unpaired) electrons. The second-order valence-corrected chi connectivity index (χ2v) is 8.52. The molecule has 1 unspecified atom stereocenters. The molecule has 186 valence electrons. The Balaban J connectivity index is 1.90. The minimum absolute atomic E-state index is 0.156. The number of hydrogen-bond acceptors (Lipinski definition) is 5. The van der Waals surface area contributed by atoms with Crippen LogP contribution in [0.15, 0.2) is 77.6 Å². The maximum absolute atomic E-state index is 13.8. The zero-order valence-corrected chi connectivity index (χ0v) is 21.1. The number of carbonyl (C=O) groups excluding carboxylic acids is 1. The van der Waals surface area contributed by atoms with Crippen LogP contribution in [-0.4, -0.2) is 47.7 Å². The first-order valence-corrected chi connectivity index (χ1v) is 12.0. The van der Waals surface area contributed by atoms with Crippen LogP contribution in [0.3, 0.4) is 0 Å². The lowest BCUT2D eigenvalue weighted by molar-refractivity contribution is 0.0605. The van der Waals surface area contributed by atoms with Gasteiger partial charge in [-0.2, -0.15) is 0 Å². The van der Waals surface area contributed by atoms with Gasteiger partial charge in [0.25, 0.3) is 11.5 Å². The van der Waals surface area contributed by atoms with Crippen molar-refractivity contribution in [3.63, 3.8) is 0 Å². The van der Waals surface area contributed by atoms with E-state index >= 15 is 0 Å². The zero-order valence-electron chi connectivity index (χ0n) is 21.1. The van der Waals surface area contributed by atoms with Crippen molar-refractivity contribution in [2.45, 2.75) is 26.3 Å². The number of hydrogen-bond donors (Lipinski definition) is 0.